The van der Waals surface area contributed by atoms with E-state index >= 15 is 0 Å². The summed E-state index contributed by atoms with van der Waals surface area (Å²) in [5.41, 5.74) is 0.0857. The number of piperidine rings is 1. The molecule has 1 unspecified atom stereocenters. The predicted molar refractivity (Wildman–Crippen MR) is 94.5 cm³/mol. The number of likely N-dealkylation sites (tertiary alicyclic amines) is 1. The Bertz CT molecular complexity index is 545. The number of urea groups is 1. The number of hydrogen-bond acceptors (Lipinski definition) is 3. The van der Waals surface area contributed by atoms with E-state index in [1.165, 1.54) is 0 Å². The summed E-state index contributed by atoms with van der Waals surface area (Å²) in [7, 11) is 1.89. The Morgan fingerprint density at radius 2 is 2.04 bits per heavy atom. The molecule has 1 aromatic rings. The molecule has 1 aliphatic heterocycles. The van der Waals surface area contributed by atoms with Gasteiger partial charge in [-0.05, 0) is 30.1 Å². The van der Waals surface area contributed by atoms with Gasteiger partial charge in [0.1, 0.15) is 11.9 Å². The van der Waals surface area contributed by atoms with E-state index in [1.807, 2.05) is 22.7 Å². The Balaban J connectivity index is 1.82. The highest BCUT2D eigenvalue weighted by Gasteiger charge is 2.31. The van der Waals surface area contributed by atoms with Gasteiger partial charge in [-0.25, -0.2) is 9.78 Å². The summed E-state index contributed by atoms with van der Waals surface area (Å²) in [6.45, 7) is 10.7. The molecule has 136 valence electrons. The van der Waals surface area contributed by atoms with Gasteiger partial charge in [-0.3, -0.25) is 0 Å². The second-order valence-corrected chi connectivity index (χ2v) is 7.97. The number of nitrogens with zero attached hydrogens (tertiary/aromatic N) is 3. The predicted octanol–water partition coefficient (Wildman–Crippen LogP) is 2.56. The molecule has 1 fully saturated rings. The van der Waals surface area contributed by atoms with Crippen LogP contribution in [0.25, 0.3) is 0 Å². The summed E-state index contributed by atoms with van der Waals surface area (Å²) in [6, 6.07) is 0.00802. The maximum absolute atomic E-state index is 12.4. The molecule has 2 N–H and O–H groups in total. The average Bonchev–Trinajstić information content (AvgIpc) is 2.98. The van der Waals surface area contributed by atoms with Crippen molar-refractivity contribution in [2.45, 2.75) is 46.6 Å². The minimum atomic E-state index is -0.560. The quantitative estimate of drug-likeness (QED) is 0.868. The van der Waals surface area contributed by atoms with Crippen LogP contribution in [0.2, 0.25) is 0 Å². The largest absolute Gasteiger partial charge is 0.385 e. The van der Waals surface area contributed by atoms with Crippen molar-refractivity contribution in [1.82, 2.24) is 19.8 Å². The minimum Gasteiger partial charge on any atom is -0.385 e. The van der Waals surface area contributed by atoms with E-state index in [2.05, 4.69) is 38.0 Å². The molecule has 0 aromatic carbocycles. The van der Waals surface area contributed by atoms with Crippen molar-refractivity contribution in [3.63, 3.8) is 0 Å². The molecule has 0 bridgehead atoms. The third kappa shape index (κ3) is 4.29. The zero-order valence-electron chi connectivity index (χ0n) is 15.6. The van der Waals surface area contributed by atoms with Gasteiger partial charge in [-0.15, -0.1) is 0 Å². The van der Waals surface area contributed by atoms with Crippen LogP contribution in [-0.4, -0.2) is 45.2 Å². The van der Waals surface area contributed by atoms with Crippen molar-refractivity contribution in [2.24, 2.45) is 24.3 Å². The first-order chi connectivity index (χ1) is 11.2. The number of aryl methyl sites for hydroxylation is 1. The van der Waals surface area contributed by atoms with Gasteiger partial charge in [0.05, 0.1) is 0 Å². The molecule has 2 heterocycles. The smallest absolute Gasteiger partial charge is 0.317 e. The van der Waals surface area contributed by atoms with Crippen LogP contribution in [0, 0.1) is 17.3 Å². The van der Waals surface area contributed by atoms with Crippen LogP contribution >= 0.6 is 0 Å². The van der Waals surface area contributed by atoms with E-state index in [0.29, 0.717) is 31.4 Å². The monoisotopic (exact) mass is 336 g/mol. The number of carbonyl (C=O) groups is 1. The first-order valence-corrected chi connectivity index (χ1v) is 8.90. The Labute approximate surface area is 145 Å². The Kier molecular flexibility index (Phi) is 5.91. The number of hydrogen-bond donors (Lipinski definition) is 2. The number of carbonyl (C=O) groups excluding carboxylic acids is 1. The Morgan fingerprint density at radius 3 is 2.54 bits per heavy atom. The van der Waals surface area contributed by atoms with E-state index < -0.39 is 6.10 Å². The molecular formula is C18H32N4O2. The third-order valence-electron chi connectivity index (χ3n) is 5.65. The van der Waals surface area contributed by atoms with Crippen molar-refractivity contribution >= 4 is 6.03 Å². The summed E-state index contributed by atoms with van der Waals surface area (Å²) in [4.78, 5) is 18.5. The molecular weight excluding hydrogens is 304 g/mol. The Morgan fingerprint density at radius 1 is 1.42 bits per heavy atom. The van der Waals surface area contributed by atoms with Gasteiger partial charge in [0.25, 0.3) is 0 Å². The molecule has 0 spiro atoms. The zero-order chi connectivity index (χ0) is 17.9. The second-order valence-electron chi connectivity index (χ2n) is 7.97. The minimum absolute atomic E-state index is 0.00802. The molecule has 2 amide bonds. The molecule has 0 saturated carbocycles. The van der Waals surface area contributed by atoms with Crippen LogP contribution < -0.4 is 5.32 Å². The molecule has 2 rings (SSSR count). The van der Waals surface area contributed by atoms with E-state index in [0.717, 1.165) is 12.8 Å². The average molecular weight is 336 g/mol. The number of amides is 2. The molecule has 0 radical (unpaired) electrons. The normalized spacial score (nSPS) is 18.0. The van der Waals surface area contributed by atoms with Gasteiger partial charge < -0.3 is 19.9 Å². The van der Waals surface area contributed by atoms with Crippen molar-refractivity contribution in [2.75, 3.05) is 19.6 Å². The van der Waals surface area contributed by atoms with Gasteiger partial charge in [-0.1, -0.05) is 27.7 Å². The number of aromatic nitrogens is 2. The molecule has 1 atom stereocenters. The van der Waals surface area contributed by atoms with Crippen molar-refractivity contribution < 1.29 is 9.90 Å². The second kappa shape index (κ2) is 7.55. The van der Waals surface area contributed by atoms with Crippen molar-refractivity contribution in [1.29, 1.82) is 0 Å². The van der Waals surface area contributed by atoms with Gasteiger partial charge in [0.2, 0.25) is 0 Å². The van der Waals surface area contributed by atoms with Crippen LogP contribution in [0.15, 0.2) is 12.4 Å². The van der Waals surface area contributed by atoms with E-state index in [4.69, 9.17) is 0 Å². The molecule has 6 heteroatoms. The highest BCUT2D eigenvalue weighted by atomic mass is 16.3. The van der Waals surface area contributed by atoms with E-state index in [1.54, 1.807) is 6.20 Å². The number of nitrogens with one attached hydrogen (secondary N) is 1. The van der Waals surface area contributed by atoms with Crippen LogP contribution in [-0.2, 0) is 7.05 Å². The van der Waals surface area contributed by atoms with Gasteiger partial charge in [0, 0.05) is 39.1 Å². The lowest BCUT2D eigenvalue weighted by atomic mass is 9.81. The van der Waals surface area contributed by atoms with Crippen LogP contribution in [0.1, 0.15) is 52.5 Å². The summed E-state index contributed by atoms with van der Waals surface area (Å²) in [6.07, 6.45) is 4.59. The molecule has 1 aliphatic rings. The fourth-order valence-corrected chi connectivity index (χ4v) is 2.91. The maximum Gasteiger partial charge on any atom is 0.317 e. The van der Waals surface area contributed by atoms with Crippen molar-refractivity contribution in [3.8, 4) is 0 Å². The standard InChI is InChI=1S/C18H32N4O2/c1-13(2)18(3,4)12-20-17(24)22-9-6-14(7-10-22)15(23)16-19-8-11-21(16)5/h8,11,13-15,23H,6-7,9-10,12H2,1-5H3,(H,20,24). The summed E-state index contributed by atoms with van der Waals surface area (Å²) < 4.78 is 1.86. The molecule has 1 aromatic heterocycles. The van der Waals surface area contributed by atoms with Crippen LogP contribution in [0.5, 0.6) is 0 Å². The fraction of sp³-hybridized carbons (Fsp3) is 0.778. The van der Waals surface area contributed by atoms with E-state index in [-0.39, 0.29) is 17.4 Å². The molecule has 6 nitrogen and oxygen atoms in total. The lowest BCUT2D eigenvalue weighted by Crippen LogP contribution is -2.48. The van der Waals surface area contributed by atoms with Crippen LogP contribution in [0.4, 0.5) is 4.79 Å². The summed E-state index contributed by atoms with van der Waals surface area (Å²) in [5, 5.41) is 13.6. The first kappa shape index (κ1) is 18.8. The van der Waals surface area contributed by atoms with Gasteiger partial charge in [0.15, 0.2) is 0 Å². The topological polar surface area (TPSA) is 70.4 Å². The summed E-state index contributed by atoms with van der Waals surface area (Å²) >= 11 is 0. The lowest BCUT2D eigenvalue weighted by Gasteiger charge is -2.35. The van der Waals surface area contributed by atoms with Crippen molar-refractivity contribution in [3.05, 3.63) is 18.2 Å². The number of aliphatic hydroxyl groups excluding tert-OH is 1. The Hall–Kier alpha value is -1.56. The first-order valence-electron chi connectivity index (χ1n) is 8.90. The zero-order valence-corrected chi connectivity index (χ0v) is 15.6. The summed E-state index contributed by atoms with van der Waals surface area (Å²) in [5.74, 6) is 1.37. The van der Waals surface area contributed by atoms with E-state index in [9.17, 15) is 9.90 Å². The number of rotatable bonds is 5. The van der Waals surface area contributed by atoms with Gasteiger partial charge >= 0.3 is 6.03 Å². The third-order valence-corrected chi connectivity index (χ3v) is 5.65. The highest BCUT2D eigenvalue weighted by Crippen LogP contribution is 2.30. The highest BCUT2D eigenvalue weighted by molar-refractivity contribution is 5.74. The molecule has 0 aliphatic carbocycles. The molecule has 24 heavy (non-hydrogen) atoms. The number of aliphatic hydroxyl groups is 1. The molecule has 1 saturated heterocycles. The fourth-order valence-electron chi connectivity index (χ4n) is 2.91. The maximum atomic E-state index is 12.4. The SMILES string of the molecule is CC(C)C(C)(C)CNC(=O)N1CCC(C(O)c2nccn2C)CC1. The van der Waals surface area contributed by atoms with Gasteiger partial charge in [-0.2, -0.15) is 0 Å². The van der Waals surface area contributed by atoms with Crippen LogP contribution in [0.3, 0.4) is 0 Å². The lowest BCUT2D eigenvalue weighted by molar-refractivity contribution is 0.0579. The number of imidazole rings is 1.